The lowest BCUT2D eigenvalue weighted by atomic mass is 10.2. The highest BCUT2D eigenvalue weighted by atomic mass is 16.6. The van der Waals surface area contributed by atoms with Crippen molar-refractivity contribution in [2.24, 2.45) is 0 Å². The van der Waals surface area contributed by atoms with E-state index in [0.717, 1.165) is 24.9 Å². The molecule has 1 aromatic heterocycles. The fourth-order valence-electron chi connectivity index (χ4n) is 1.72. The minimum atomic E-state index is -0.423. The van der Waals surface area contributed by atoms with E-state index in [4.69, 9.17) is 4.42 Å². The van der Waals surface area contributed by atoms with Gasteiger partial charge in [0.15, 0.2) is 11.7 Å². The molecule has 1 aromatic carbocycles. The Morgan fingerprint density at radius 1 is 1.37 bits per heavy atom. The van der Waals surface area contributed by atoms with E-state index >= 15 is 0 Å². The quantitative estimate of drug-likeness (QED) is 0.490. The van der Waals surface area contributed by atoms with Crippen LogP contribution >= 0.6 is 0 Å². The summed E-state index contributed by atoms with van der Waals surface area (Å²) in [5.74, 6) is 1.32. The molecule has 0 aliphatic heterocycles. The van der Waals surface area contributed by atoms with Crippen LogP contribution in [0.4, 0.5) is 5.69 Å². The lowest BCUT2D eigenvalue weighted by molar-refractivity contribution is -0.384. The van der Waals surface area contributed by atoms with Gasteiger partial charge >= 0.3 is 0 Å². The average molecular weight is 261 g/mol. The summed E-state index contributed by atoms with van der Waals surface area (Å²) in [6, 6.07) is 6.24. The molecule has 0 aliphatic carbocycles. The van der Waals surface area contributed by atoms with Crippen LogP contribution in [0.3, 0.4) is 0 Å². The van der Waals surface area contributed by atoms with E-state index in [1.54, 1.807) is 18.3 Å². The maximum Gasteiger partial charge on any atom is 0.269 e. The van der Waals surface area contributed by atoms with Gasteiger partial charge in [-0.25, -0.2) is 4.98 Å². The third kappa shape index (κ3) is 3.38. The number of aromatic nitrogens is 1. The zero-order valence-corrected chi connectivity index (χ0v) is 10.6. The van der Waals surface area contributed by atoms with Gasteiger partial charge in [-0.15, -0.1) is 0 Å². The molecule has 0 saturated heterocycles. The van der Waals surface area contributed by atoms with Gasteiger partial charge in [0, 0.05) is 24.1 Å². The van der Waals surface area contributed by atoms with Crippen molar-refractivity contribution in [1.82, 2.24) is 10.3 Å². The molecule has 0 aliphatic rings. The lowest BCUT2D eigenvalue weighted by Crippen LogP contribution is -2.08. The number of nitrogens with zero attached hydrogens (tertiary/aromatic N) is 2. The number of aryl methyl sites for hydroxylation is 1. The predicted molar refractivity (Wildman–Crippen MR) is 70.8 cm³/mol. The van der Waals surface area contributed by atoms with Crippen molar-refractivity contribution in [2.75, 3.05) is 13.6 Å². The molecule has 6 nitrogen and oxygen atoms in total. The van der Waals surface area contributed by atoms with Crippen molar-refractivity contribution in [2.45, 2.75) is 12.8 Å². The Labute approximate surface area is 110 Å². The molecule has 0 bridgehead atoms. The van der Waals surface area contributed by atoms with E-state index in [1.807, 2.05) is 7.05 Å². The molecule has 0 fully saturated rings. The van der Waals surface area contributed by atoms with Crippen LogP contribution in [0.25, 0.3) is 11.3 Å². The standard InChI is InChI=1S/C13H15N3O3/c1-14-8-2-3-13-15-9-12(19-13)10-4-6-11(7-5-10)16(17)18/h4-7,9,14H,2-3,8H2,1H3. The van der Waals surface area contributed by atoms with Gasteiger partial charge in [0.2, 0.25) is 0 Å². The Bertz CT molecular complexity index is 549. The van der Waals surface area contributed by atoms with Gasteiger partial charge in [0.25, 0.3) is 5.69 Å². The second-order valence-corrected chi connectivity index (χ2v) is 4.13. The van der Waals surface area contributed by atoms with Gasteiger partial charge in [-0.1, -0.05) is 0 Å². The highest BCUT2D eigenvalue weighted by Gasteiger charge is 2.09. The first-order valence-corrected chi connectivity index (χ1v) is 6.05. The Morgan fingerprint density at radius 2 is 2.11 bits per heavy atom. The second kappa shape index (κ2) is 6.10. The highest BCUT2D eigenvalue weighted by Crippen LogP contribution is 2.23. The van der Waals surface area contributed by atoms with Gasteiger partial charge in [-0.3, -0.25) is 10.1 Å². The number of nitrogens with one attached hydrogen (secondary N) is 1. The fraction of sp³-hybridized carbons (Fsp3) is 0.308. The molecule has 1 heterocycles. The van der Waals surface area contributed by atoms with Crippen molar-refractivity contribution < 1.29 is 9.34 Å². The van der Waals surface area contributed by atoms with E-state index in [0.29, 0.717) is 11.7 Å². The molecule has 0 spiro atoms. The van der Waals surface area contributed by atoms with Crippen LogP contribution in [0.5, 0.6) is 0 Å². The molecular weight excluding hydrogens is 246 g/mol. The summed E-state index contributed by atoms with van der Waals surface area (Å²) in [5, 5.41) is 13.6. The van der Waals surface area contributed by atoms with Gasteiger partial charge < -0.3 is 9.73 Å². The Kier molecular flexibility index (Phi) is 4.25. The summed E-state index contributed by atoms with van der Waals surface area (Å²) in [5.41, 5.74) is 0.857. The summed E-state index contributed by atoms with van der Waals surface area (Å²) in [6.07, 6.45) is 3.38. The van der Waals surface area contributed by atoms with Crippen LogP contribution in [0, 0.1) is 10.1 Å². The SMILES string of the molecule is CNCCCc1ncc(-c2ccc([N+](=O)[O-])cc2)o1. The summed E-state index contributed by atoms with van der Waals surface area (Å²) in [4.78, 5) is 14.3. The van der Waals surface area contributed by atoms with Crippen LogP contribution < -0.4 is 5.32 Å². The predicted octanol–water partition coefficient (Wildman–Crippen LogP) is 2.40. The Balaban J connectivity index is 2.07. The van der Waals surface area contributed by atoms with Crippen LogP contribution in [0.1, 0.15) is 12.3 Å². The molecule has 0 saturated carbocycles. The maximum atomic E-state index is 10.6. The Hall–Kier alpha value is -2.21. The first-order chi connectivity index (χ1) is 9.20. The first-order valence-electron chi connectivity index (χ1n) is 6.05. The van der Waals surface area contributed by atoms with E-state index in [1.165, 1.54) is 12.1 Å². The summed E-state index contributed by atoms with van der Waals surface area (Å²) in [7, 11) is 1.90. The molecule has 100 valence electrons. The van der Waals surface area contributed by atoms with Crippen molar-refractivity contribution >= 4 is 5.69 Å². The number of hydrogen-bond acceptors (Lipinski definition) is 5. The Morgan fingerprint density at radius 3 is 2.74 bits per heavy atom. The molecule has 2 aromatic rings. The van der Waals surface area contributed by atoms with E-state index in [9.17, 15) is 10.1 Å². The molecule has 0 radical (unpaired) electrons. The lowest BCUT2D eigenvalue weighted by Gasteiger charge is -1.97. The monoisotopic (exact) mass is 261 g/mol. The normalized spacial score (nSPS) is 10.6. The molecule has 0 unspecified atom stereocenters. The maximum absolute atomic E-state index is 10.6. The smallest absolute Gasteiger partial charge is 0.269 e. The van der Waals surface area contributed by atoms with Crippen molar-refractivity contribution in [3.63, 3.8) is 0 Å². The van der Waals surface area contributed by atoms with E-state index in [-0.39, 0.29) is 5.69 Å². The number of nitro benzene ring substituents is 1. The van der Waals surface area contributed by atoms with Gasteiger partial charge in [-0.05, 0) is 32.1 Å². The third-order valence-electron chi connectivity index (χ3n) is 2.73. The number of nitro groups is 1. The van der Waals surface area contributed by atoms with E-state index < -0.39 is 4.92 Å². The third-order valence-corrected chi connectivity index (χ3v) is 2.73. The topological polar surface area (TPSA) is 81.2 Å². The minimum Gasteiger partial charge on any atom is -0.441 e. The number of hydrogen-bond donors (Lipinski definition) is 1. The zero-order chi connectivity index (χ0) is 13.7. The minimum absolute atomic E-state index is 0.0671. The molecular formula is C13H15N3O3. The van der Waals surface area contributed by atoms with Gasteiger partial charge in [0.1, 0.15) is 0 Å². The van der Waals surface area contributed by atoms with Crippen molar-refractivity contribution in [3.8, 4) is 11.3 Å². The largest absolute Gasteiger partial charge is 0.441 e. The molecule has 0 atom stereocenters. The van der Waals surface area contributed by atoms with Crippen molar-refractivity contribution in [1.29, 1.82) is 0 Å². The summed E-state index contributed by atoms with van der Waals surface area (Å²) >= 11 is 0. The summed E-state index contributed by atoms with van der Waals surface area (Å²) < 4.78 is 5.61. The fourth-order valence-corrected chi connectivity index (χ4v) is 1.72. The van der Waals surface area contributed by atoms with Crippen molar-refractivity contribution in [3.05, 3.63) is 46.5 Å². The summed E-state index contributed by atoms with van der Waals surface area (Å²) in [6.45, 7) is 0.912. The number of rotatable bonds is 6. The molecule has 0 amide bonds. The van der Waals surface area contributed by atoms with Gasteiger partial charge in [0.05, 0.1) is 11.1 Å². The van der Waals surface area contributed by atoms with E-state index in [2.05, 4.69) is 10.3 Å². The van der Waals surface area contributed by atoms with Crippen LogP contribution in [-0.2, 0) is 6.42 Å². The number of benzene rings is 1. The zero-order valence-electron chi connectivity index (χ0n) is 10.6. The van der Waals surface area contributed by atoms with Crippen LogP contribution in [0.15, 0.2) is 34.9 Å². The van der Waals surface area contributed by atoms with Crippen LogP contribution in [-0.4, -0.2) is 23.5 Å². The molecule has 6 heteroatoms. The highest BCUT2D eigenvalue weighted by molar-refractivity contribution is 5.58. The second-order valence-electron chi connectivity index (χ2n) is 4.13. The number of non-ortho nitro benzene ring substituents is 1. The number of oxazole rings is 1. The molecule has 2 rings (SSSR count). The average Bonchev–Trinajstić information content (AvgIpc) is 2.88. The van der Waals surface area contributed by atoms with Gasteiger partial charge in [-0.2, -0.15) is 0 Å². The molecule has 1 N–H and O–H groups in total. The van der Waals surface area contributed by atoms with Crippen LogP contribution in [0.2, 0.25) is 0 Å². The molecule has 19 heavy (non-hydrogen) atoms. The first kappa shape index (κ1) is 13.2.